The lowest BCUT2D eigenvalue weighted by atomic mass is 10.3. The predicted molar refractivity (Wildman–Crippen MR) is 73.0 cm³/mol. The molecule has 0 aliphatic rings. The van der Waals surface area contributed by atoms with Gasteiger partial charge in [0.05, 0.1) is 17.6 Å². The molecule has 3 rings (SSSR count). The number of aryl methyl sites for hydroxylation is 1. The van der Waals surface area contributed by atoms with Crippen molar-refractivity contribution < 1.29 is 0 Å². The van der Waals surface area contributed by atoms with Gasteiger partial charge in [0, 0.05) is 18.1 Å². The van der Waals surface area contributed by atoms with Crippen molar-refractivity contribution >= 4 is 28.3 Å². The number of thiazole rings is 1. The van der Waals surface area contributed by atoms with Crippen LogP contribution in [0.15, 0.2) is 34.4 Å². The first kappa shape index (κ1) is 11.0. The van der Waals surface area contributed by atoms with Crippen molar-refractivity contribution in [1.82, 2.24) is 14.5 Å². The quantitative estimate of drug-likeness (QED) is 0.756. The number of H-pyrrole nitrogens is 1. The van der Waals surface area contributed by atoms with Gasteiger partial charge < -0.3 is 14.9 Å². The van der Waals surface area contributed by atoms with Crippen LogP contribution in [0.2, 0.25) is 0 Å². The van der Waals surface area contributed by atoms with Crippen LogP contribution in [0.4, 0.5) is 5.95 Å². The summed E-state index contributed by atoms with van der Waals surface area (Å²) in [4.78, 5) is 18.3. The minimum atomic E-state index is -0.0307. The number of hydrogen-bond acceptors (Lipinski definition) is 4. The maximum Gasteiger partial charge on any atom is 0.304 e. The molecule has 0 bridgehead atoms. The van der Waals surface area contributed by atoms with Crippen molar-refractivity contribution in [1.29, 1.82) is 0 Å². The molecule has 2 heterocycles. The second-order valence-corrected chi connectivity index (χ2v) is 4.85. The average Bonchev–Trinajstić information content (AvgIpc) is 2.92. The third-order valence-corrected chi connectivity index (χ3v) is 3.51. The van der Waals surface area contributed by atoms with Crippen molar-refractivity contribution in [2.24, 2.45) is 7.05 Å². The van der Waals surface area contributed by atoms with E-state index in [9.17, 15) is 4.79 Å². The lowest BCUT2D eigenvalue weighted by molar-refractivity contribution is 0.918. The molecule has 0 radical (unpaired) electrons. The Labute approximate surface area is 107 Å². The van der Waals surface area contributed by atoms with E-state index in [2.05, 4.69) is 15.3 Å². The molecule has 0 saturated carbocycles. The van der Waals surface area contributed by atoms with Gasteiger partial charge in [-0.1, -0.05) is 23.5 Å². The third-order valence-electron chi connectivity index (χ3n) is 2.79. The van der Waals surface area contributed by atoms with E-state index in [1.54, 1.807) is 0 Å². The Bertz CT molecular complexity index is 740. The van der Waals surface area contributed by atoms with Crippen LogP contribution in [0.3, 0.4) is 0 Å². The molecule has 3 aromatic rings. The highest BCUT2D eigenvalue weighted by Crippen LogP contribution is 2.17. The zero-order valence-electron chi connectivity index (χ0n) is 9.80. The minimum absolute atomic E-state index is 0.0307. The zero-order chi connectivity index (χ0) is 12.5. The first-order chi connectivity index (χ1) is 8.74. The summed E-state index contributed by atoms with van der Waals surface area (Å²) in [5, 5.41) is 5.04. The van der Waals surface area contributed by atoms with Gasteiger partial charge in [-0.05, 0) is 12.1 Å². The van der Waals surface area contributed by atoms with Crippen LogP contribution in [0.1, 0.15) is 5.69 Å². The van der Waals surface area contributed by atoms with Crippen LogP contribution in [0.25, 0.3) is 11.0 Å². The number of imidazole rings is 1. The van der Waals surface area contributed by atoms with Crippen molar-refractivity contribution in [3.63, 3.8) is 0 Å². The van der Waals surface area contributed by atoms with Crippen LogP contribution in [-0.4, -0.2) is 14.5 Å². The Balaban J connectivity index is 1.86. The topological polar surface area (TPSA) is 62.7 Å². The summed E-state index contributed by atoms with van der Waals surface area (Å²) in [7, 11) is 1.97. The molecule has 2 aromatic heterocycles. The molecular formula is C12H12N4OS. The molecule has 1 aromatic carbocycles. The van der Waals surface area contributed by atoms with Crippen molar-refractivity contribution in [3.05, 3.63) is 45.0 Å². The summed E-state index contributed by atoms with van der Waals surface area (Å²) >= 11 is 1.17. The Hall–Kier alpha value is -2.08. The normalized spacial score (nSPS) is 10.9. The average molecular weight is 260 g/mol. The fourth-order valence-corrected chi connectivity index (χ4v) is 2.46. The van der Waals surface area contributed by atoms with E-state index in [-0.39, 0.29) is 4.87 Å². The number of benzene rings is 1. The number of aromatic nitrogens is 3. The van der Waals surface area contributed by atoms with Gasteiger partial charge in [0.15, 0.2) is 0 Å². The molecule has 6 heteroatoms. The van der Waals surface area contributed by atoms with Gasteiger partial charge in [-0.2, -0.15) is 0 Å². The van der Waals surface area contributed by atoms with E-state index in [4.69, 9.17) is 0 Å². The molecule has 5 nitrogen and oxygen atoms in total. The van der Waals surface area contributed by atoms with Crippen LogP contribution < -0.4 is 10.2 Å². The molecule has 0 saturated heterocycles. The highest BCUT2D eigenvalue weighted by molar-refractivity contribution is 7.07. The van der Waals surface area contributed by atoms with Gasteiger partial charge in [-0.3, -0.25) is 4.79 Å². The minimum Gasteiger partial charge on any atom is -0.350 e. The molecule has 0 aliphatic heterocycles. The summed E-state index contributed by atoms with van der Waals surface area (Å²) in [5.74, 6) is 0.795. The second-order valence-electron chi connectivity index (χ2n) is 4.01. The van der Waals surface area contributed by atoms with Gasteiger partial charge in [-0.15, -0.1) is 0 Å². The second kappa shape index (κ2) is 4.30. The summed E-state index contributed by atoms with van der Waals surface area (Å²) < 4.78 is 2.00. The molecule has 18 heavy (non-hydrogen) atoms. The van der Waals surface area contributed by atoms with Crippen molar-refractivity contribution in [2.45, 2.75) is 6.54 Å². The largest absolute Gasteiger partial charge is 0.350 e. The standard InChI is InChI=1S/C12H12N4OS/c1-16-10-5-3-2-4-9(10)15-11(16)13-6-8-7-18-12(17)14-8/h2-5,7H,6H2,1H3,(H,13,15)(H,14,17). The number of nitrogens with zero attached hydrogens (tertiary/aromatic N) is 2. The summed E-state index contributed by atoms with van der Waals surface area (Å²) in [6.45, 7) is 0.565. The highest BCUT2D eigenvalue weighted by Gasteiger charge is 2.06. The number of anilines is 1. The lowest BCUT2D eigenvalue weighted by Gasteiger charge is -2.04. The number of fused-ring (bicyclic) bond motifs is 1. The van der Waals surface area contributed by atoms with E-state index in [0.717, 1.165) is 22.7 Å². The Morgan fingerprint density at radius 2 is 2.28 bits per heavy atom. The maximum absolute atomic E-state index is 11.0. The molecule has 92 valence electrons. The first-order valence-electron chi connectivity index (χ1n) is 5.56. The van der Waals surface area contributed by atoms with E-state index < -0.39 is 0 Å². The molecule has 2 N–H and O–H groups in total. The number of nitrogens with one attached hydrogen (secondary N) is 2. The fraction of sp³-hybridized carbons (Fsp3) is 0.167. The van der Waals surface area contributed by atoms with Gasteiger partial charge in [0.1, 0.15) is 0 Å². The Kier molecular flexibility index (Phi) is 2.64. The van der Waals surface area contributed by atoms with Crippen molar-refractivity contribution in [2.75, 3.05) is 5.32 Å². The van der Waals surface area contributed by atoms with E-state index >= 15 is 0 Å². The summed E-state index contributed by atoms with van der Waals surface area (Å²) in [6, 6.07) is 7.96. The van der Waals surface area contributed by atoms with E-state index in [0.29, 0.717) is 6.54 Å². The number of rotatable bonds is 3. The number of para-hydroxylation sites is 2. The molecule has 0 atom stereocenters. The zero-order valence-corrected chi connectivity index (χ0v) is 10.6. The van der Waals surface area contributed by atoms with Crippen LogP contribution in [-0.2, 0) is 13.6 Å². The lowest BCUT2D eigenvalue weighted by Crippen LogP contribution is -2.06. The number of hydrogen-bond donors (Lipinski definition) is 2. The first-order valence-corrected chi connectivity index (χ1v) is 6.44. The van der Waals surface area contributed by atoms with Crippen LogP contribution >= 0.6 is 11.3 Å². The third kappa shape index (κ3) is 1.91. The van der Waals surface area contributed by atoms with E-state index in [1.807, 2.05) is 41.3 Å². The van der Waals surface area contributed by atoms with E-state index in [1.165, 1.54) is 11.3 Å². The molecule has 0 unspecified atom stereocenters. The van der Waals surface area contributed by atoms with Gasteiger partial charge in [0.2, 0.25) is 5.95 Å². The number of aromatic amines is 1. The molecule has 0 spiro atoms. The summed E-state index contributed by atoms with van der Waals surface area (Å²) in [5.41, 5.74) is 2.91. The van der Waals surface area contributed by atoms with Gasteiger partial charge in [0.25, 0.3) is 0 Å². The van der Waals surface area contributed by atoms with Crippen LogP contribution in [0.5, 0.6) is 0 Å². The molecular weight excluding hydrogens is 248 g/mol. The Morgan fingerprint density at radius 1 is 1.44 bits per heavy atom. The van der Waals surface area contributed by atoms with Crippen LogP contribution in [0, 0.1) is 0 Å². The Morgan fingerprint density at radius 3 is 3.00 bits per heavy atom. The maximum atomic E-state index is 11.0. The predicted octanol–water partition coefficient (Wildman–Crippen LogP) is 1.94. The monoisotopic (exact) mass is 260 g/mol. The van der Waals surface area contributed by atoms with Gasteiger partial charge >= 0.3 is 4.87 Å². The molecule has 0 amide bonds. The summed E-state index contributed by atoms with van der Waals surface area (Å²) in [6.07, 6.45) is 0. The van der Waals surface area contributed by atoms with Crippen molar-refractivity contribution in [3.8, 4) is 0 Å². The molecule has 0 fully saturated rings. The SMILES string of the molecule is Cn1c(NCc2csc(=O)[nH]2)nc2ccccc21. The van der Waals surface area contributed by atoms with Gasteiger partial charge in [-0.25, -0.2) is 4.98 Å². The molecule has 0 aliphatic carbocycles. The highest BCUT2D eigenvalue weighted by atomic mass is 32.1. The smallest absolute Gasteiger partial charge is 0.304 e. The fourth-order valence-electron chi connectivity index (χ4n) is 1.88.